The van der Waals surface area contributed by atoms with Crippen LogP contribution in [0.4, 0.5) is 0 Å². The lowest BCUT2D eigenvalue weighted by Gasteiger charge is -2.27. The summed E-state index contributed by atoms with van der Waals surface area (Å²) in [6.07, 6.45) is 3.99. The highest BCUT2D eigenvalue weighted by molar-refractivity contribution is 7.13. The first-order valence-electron chi connectivity index (χ1n) is 9.05. The molecule has 2 aromatic carbocycles. The smallest absolute Gasteiger partial charge is 0.0958 e. The van der Waals surface area contributed by atoms with Gasteiger partial charge in [0.1, 0.15) is 0 Å². The summed E-state index contributed by atoms with van der Waals surface area (Å²) in [5, 5.41) is 1.27. The van der Waals surface area contributed by atoms with Gasteiger partial charge in [-0.1, -0.05) is 58.9 Å². The molecule has 0 saturated heterocycles. The number of imidazole rings is 1. The van der Waals surface area contributed by atoms with Gasteiger partial charge in [0, 0.05) is 23.5 Å². The van der Waals surface area contributed by atoms with Crippen molar-refractivity contribution in [2.45, 2.75) is 52.0 Å². The van der Waals surface area contributed by atoms with Gasteiger partial charge in [0.05, 0.1) is 22.1 Å². The van der Waals surface area contributed by atoms with Crippen molar-refractivity contribution in [1.29, 1.82) is 0 Å². The number of hydrogen-bond acceptors (Lipinski definition) is 3. The number of para-hydroxylation sites is 1. The molecule has 0 unspecified atom stereocenters. The van der Waals surface area contributed by atoms with Gasteiger partial charge in [-0.25, -0.2) is 4.98 Å². The molecule has 0 aliphatic carbocycles. The third-order valence-electron chi connectivity index (χ3n) is 5.15. The van der Waals surface area contributed by atoms with E-state index in [9.17, 15) is 0 Å². The van der Waals surface area contributed by atoms with Gasteiger partial charge in [-0.3, -0.25) is 0 Å². The van der Waals surface area contributed by atoms with E-state index in [1.807, 2.05) is 12.5 Å². The summed E-state index contributed by atoms with van der Waals surface area (Å²) in [4.78, 5) is 4.77. The largest absolute Gasteiger partial charge is 0.330 e. The van der Waals surface area contributed by atoms with Crippen LogP contribution in [0.1, 0.15) is 45.7 Å². The molecule has 2 aromatic heterocycles. The third kappa shape index (κ3) is 2.82. The maximum Gasteiger partial charge on any atom is 0.0958 e. The van der Waals surface area contributed by atoms with E-state index in [1.54, 1.807) is 11.5 Å². The van der Waals surface area contributed by atoms with Gasteiger partial charge in [-0.05, 0) is 40.2 Å². The third-order valence-corrected chi connectivity index (χ3v) is 5.92. The Morgan fingerprint density at radius 3 is 2.46 bits per heavy atom. The Labute approximate surface area is 158 Å². The predicted molar refractivity (Wildman–Crippen MR) is 111 cm³/mol. The number of aromatic nitrogens is 3. The first-order valence-corrected chi connectivity index (χ1v) is 9.83. The molecule has 4 heteroatoms. The first kappa shape index (κ1) is 17.2. The minimum atomic E-state index is -0.0202. The van der Waals surface area contributed by atoms with E-state index in [0.29, 0.717) is 0 Å². The van der Waals surface area contributed by atoms with Gasteiger partial charge in [-0.2, -0.15) is 4.37 Å². The van der Waals surface area contributed by atoms with Gasteiger partial charge in [0.25, 0.3) is 0 Å². The second kappa shape index (κ2) is 5.92. The molecule has 3 nitrogen and oxygen atoms in total. The summed E-state index contributed by atoms with van der Waals surface area (Å²) in [5.74, 6) is 0. The molecule has 0 fully saturated rings. The summed E-state index contributed by atoms with van der Waals surface area (Å²) >= 11 is 1.56. The molecular weight excluding hydrogens is 338 g/mol. The highest BCUT2D eigenvalue weighted by atomic mass is 32.1. The predicted octanol–water partition coefficient (Wildman–Crippen LogP) is 5.92. The molecule has 2 heterocycles. The van der Waals surface area contributed by atoms with Crippen molar-refractivity contribution in [3.05, 3.63) is 60.0 Å². The van der Waals surface area contributed by atoms with Crippen molar-refractivity contribution in [2.24, 2.45) is 0 Å². The van der Waals surface area contributed by atoms with Crippen LogP contribution in [0.2, 0.25) is 0 Å². The van der Waals surface area contributed by atoms with E-state index in [4.69, 9.17) is 4.98 Å². The lowest BCUT2D eigenvalue weighted by molar-refractivity contribution is 0.445. The fourth-order valence-electron chi connectivity index (χ4n) is 3.81. The molecule has 0 saturated carbocycles. The Morgan fingerprint density at radius 2 is 1.69 bits per heavy atom. The van der Waals surface area contributed by atoms with Crippen LogP contribution in [-0.2, 0) is 17.4 Å². The average Bonchev–Trinajstić information content (AvgIpc) is 3.20. The molecule has 0 atom stereocenters. The summed E-state index contributed by atoms with van der Waals surface area (Å²) < 4.78 is 7.93. The minimum absolute atomic E-state index is 0.0202. The number of benzene rings is 2. The van der Waals surface area contributed by atoms with Crippen molar-refractivity contribution in [3.63, 3.8) is 0 Å². The Balaban J connectivity index is 1.79. The lowest BCUT2D eigenvalue weighted by Crippen LogP contribution is -2.24. The van der Waals surface area contributed by atoms with Crippen molar-refractivity contribution in [3.8, 4) is 0 Å². The van der Waals surface area contributed by atoms with Crippen LogP contribution in [0.3, 0.4) is 0 Å². The maximum atomic E-state index is 4.77. The van der Waals surface area contributed by atoms with Crippen LogP contribution >= 0.6 is 11.5 Å². The molecule has 0 aliphatic rings. The van der Waals surface area contributed by atoms with Crippen LogP contribution in [0.15, 0.2) is 48.9 Å². The Hall–Kier alpha value is -2.20. The average molecular weight is 364 g/mol. The molecule has 0 spiro atoms. The van der Waals surface area contributed by atoms with Crippen LogP contribution in [0, 0.1) is 0 Å². The summed E-state index contributed by atoms with van der Waals surface area (Å²) in [5.41, 5.74) is 5.04. The highest BCUT2D eigenvalue weighted by Crippen LogP contribution is 2.35. The maximum absolute atomic E-state index is 4.77. The summed E-state index contributed by atoms with van der Waals surface area (Å²) in [6.45, 7) is 12.2. The van der Waals surface area contributed by atoms with Crippen molar-refractivity contribution >= 4 is 32.7 Å². The van der Waals surface area contributed by atoms with Gasteiger partial charge >= 0.3 is 0 Å². The van der Waals surface area contributed by atoms with Crippen LogP contribution < -0.4 is 0 Å². The molecule has 0 radical (unpaired) electrons. The van der Waals surface area contributed by atoms with Gasteiger partial charge < -0.3 is 4.57 Å². The zero-order valence-electron chi connectivity index (χ0n) is 16.1. The van der Waals surface area contributed by atoms with E-state index in [2.05, 4.69) is 80.0 Å². The number of nitrogens with zero attached hydrogens (tertiary/aromatic N) is 3. The summed E-state index contributed by atoms with van der Waals surface area (Å²) in [7, 11) is 0. The molecule has 134 valence electrons. The SMILES string of the molecule is CC(C)(C)c1cccc2c1ncn2CC(C)(C)c1cccc2sncc12. The molecule has 0 bridgehead atoms. The lowest BCUT2D eigenvalue weighted by atomic mass is 9.82. The molecule has 4 rings (SSSR count). The standard InChI is InChI=1S/C22H25N3S/c1-21(2,3)17-9-6-10-18-20(17)23-14-25(18)13-22(4,5)16-8-7-11-19-15(16)12-24-26-19/h6-12,14H,13H2,1-5H3. The molecule has 0 amide bonds. The second-order valence-electron chi connectivity index (χ2n) is 8.72. The quantitative estimate of drug-likeness (QED) is 0.452. The van der Waals surface area contributed by atoms with E-state index in [0.717, 1.165) is 12.1 Å². The number of hydrogen-bond donors (Lipinski definition) is 0. The first-order chi connectivity index (χ1) is 12.3. The molecule has 26 heavy (non-hydrogen) atoms. The second-order valence-corrected chi connectivity index (χ2v) is 9.56. The van der Waals surface area contributed by atoms with Gasteiger partial charge in [0.15, 0.2) is 0 Å². The topological polar surface area (TPSA) is 30.7 Å². The molecule has 0 N–H and O–H groups in total. The van der Waals surface area contributed by atoms with Crippen molar-refractivity contribution in [1.82, 2.24) is 13.9 Å². The van der Waals surface area contributed by atoms with Gasteiger partial charge in [0.2, 0.25) is 0 Å². The van der Waals surface area contributed by atoms with E-state index >= 15 is 0 Å². The number of fused-ring (bicyclic) bond motifs is 2. The zero-order valence-corrected chi connectivity index (χ0v) is 16.9. The molecular formula is C22H25N3S. The Kier molecular flexibility index (Phi) is 3.92. The highest BCUT2D eigenvalue weighted by Gasteiger charge is 2.26. The minimum Gasteiger partial charge on any atom is -0.330 e. The van der Waals surface area contributed by atoms with E-state index in [-0.39, 0.29) is 10.8 Å². The Morgan fingerprint density at radius 1 is 0.962 bits per heavy atom. The van der Waals surface area contributed by atoms with Gasteiger partial charge in [-0.15, -0.1) is 0 Å². The summed E-state index contributed by atoms with van der Waals surface area (Å²) in [6, 6.07) is 13.0. The van der Waals surface area contributed by atoms with Crippen molar-refractivity contribution in [2.75, 3.05) is 0 Å². The zero-order chi connectivity index (χ0) is 18.5. The Bertz CT molecular complexity index is 1080. The number of rotatable bonds is 3. The van der Waals surface area contributed by atoms with Crippen LogP contribution in [0.5, 0.6) is 0 Å². The normalized spacial score (nSPS) is 13.0. The van der Waals surface area contributed by atoms with E-state index in [1.165, 1.54) is 26.7 Å². The van der Waals surface area contributed by atoms with Crippen LogP contribution in [0.25, 0.3) is 21.1 Å². The fraction of sp³-hybridized carbons (Fsp3) is 0.364. The van der Waals surface area contributed by atoms with Crippen molar-refractivity contribution < 1.29 is 0 Å². The molecule has 0 aliphatic heterocycles. The van der Waals surface area contributed by atoms with E-state index < -0.39 is 0 Å². The molecule has 4 aromatic rings. The fourth-order valence-corrected chi connectivity index (χ4v) is 4.49. The monoisotopic (exact) mass is 363 g/mol. The van der Waals surface area contributed by atoms with Crippen LogP contribution in [-0.4, -0.2) is 13.9 Å².